The van der Waals surface area contributed by atoms with E-state index < -0.39 is 24.1 Å². The summed E-state index contributed by atoms with van der Waals surface area (Å²) in [6, 6.07) is 21.7. The first-order chi connectivity index (χ1) is 17.7. The lowest BCUT2D eigenvalue weighted by Crippen LogP contribution is -2.53. The zero-order valence-corrected chi connectivity index (χ0v) is 21.1. The monoisotopic (exact) mass is 503 g/mol. The molecule has 0 spiro atoms. The highest BCUT2D eigenvalue weighted by molar-refractivity contribution is 5.83. The second-order valence-corrected chi connectivity index (χ2v) is 9.70. The number of phenols is 2. The molecule has 3 aromatic rings. The average Bonchev–Trinajstić information content (AvgIpc) is 2.98. The van der Waals surface area contributed by atoms with Crippen LogP contribution in [0.3, 0.4) is 0 Å². The lowest BCUT2D eigenvalue weighted by Gasteiger charge is -2.36. The van der Waals surface area contributed by atoms with Gasteiger partial charge in [-0.2, -0.15) is 0 Å². The first kappa shape index (κ1) is 26.0. The van der Waals surface area contributed by atoms with E-state index in [0.29, 0.717) is 6.42 Å². The molecule has 1 aliphatic rings. The SMILES string of the molecule is CC(C)C(=O)N1C[C@@H](O)[C@@H](Cc2ccccc2)N(Cc2ccc(O)cc2)C(=O)N1Cc1ccc(O)cc1. The van der Waals surface area contributed by atoms with Crippen LogP contribution in [0.2, 0.25) is 0 Å². The predicted octanol–water partition coefficient (Wildman–Crippen LogP) is 3.91. The van der Waals surface area contributed by atoms with Gasteiger partial charge < -0.3 is 20.2 Å². The van der Waals surface area contributed by atoms with Crippen LogP contribution in [0, 0.1) is 5.92 Å². The quantitative estimate of drug-likeness (QED) is 0.454. The molecule has 2 atom stereocenters. The third kappa shape index (κ3) is 6.21. The Bertz CT molecular complexity index is 1200. The van der Waals surface area contributed by atoms with Crippen LogP contribution in [0.1, 0.15) is 30.5 Å². The third-order valence-corrected chi connectivity index (χ3v) is 6.56. The summed E-state index contributed by atoms with van der Waals surface area (Å²) >= 11 is 0. The fraction of sp³-hybridized carbons (Fsp3) is 0.310. The summed E-state index contributed by atoms with van der Waals surface area (Å²) in [5, 5.41) is 33.6. The Labute approximate surface area is 217 Å². The highest BCUT2D eigenvalue weighted by Crippen LogP contribution is 2.26. The number of hydrogen-bond donors (Lipinski definition) is 3. The van der Waals surface area contributed by atoms with Gasteiger partial charge in [-0.1, -0.05) is 68.4 Å². The second-order valence-electron chi connectivity index (χ2n) is 9.70. The number of urea groups is 1. The highest BCUT2D eigenvalue weighted by atomic mass is 16.3. The van der Waals surface area contributed by atoms with Crippen molar-refractivity contribution < 1.29 is 24.9 Å². The van der Waals surface area contributed by atoms with Gasteiger partial charge in [0, 0.05) is 12.5 Å². The minimum absolute atomic E-state index is 0.0373. The molecule has 8 nitrogen and oxygen atoms in total. The number of nitrogens with zero attached hydrogens (tertiary/aromatic N) is 3. The van der Waals surface area contributed by atoms with Crippen LogP contribution in [-0.2, 0) is 24.3 Å². The van der Waals surface area contributed by atoms with Crippen LogP contribution in [0.15, 0.2) is 78.9 Å². The van der Waals surface area contributed by atoms with Crippen molar-refractivity contribution in [1.82, 2.24) is 14.9 Å². The average molecular weight is 504 g/mol. The second kappa shape index (κ2) is 11.3. The van der Waals surface area contributed by atoms with E-state index in [2.05, 4.69) is 0 Å². The Balaban J connectivity index is 1.76. The lowest BCUT2D eigenvalue weighted by molar-refractivity contribution is -0.150. The molecule has 37 heavy (non-hydrogen) atoms. The smallest absolute Gasteiger partial charge is 0.339 e. The molecule has 3 amide bonds. The molecule has 194 valence electrons. The van der Waals surface area contributed by atoms with Crippen molar-refractivity contribution in [3.05, 3.63) is 95.6 Å². The molecule has 3 aromatic carbocycles. The van der Waals surface area contributed by atoms with E-state index in [1.807, 2.05) is 30.3 Å². The summed E-state index contributed by atoms with van der Waals surface area (Å²) < 4.78 is 0. The molecule has 0 unspecified atom stereocenters. The summed E-state index contributed by atoms with van der Waals surface area (Å²) in [7, 11) is 0. The minimum atomic E-state index is -1.01. The topological polar surface area (TPSA) is 105 Å². The lowest BCUT2D eigenvalue weighted by atomic mass is 9.99. The maximum atomic E-state index is 14.2. The van der Waals surface area contributed by atoms with Gasteiger partial charge >= 0.3 is 6.03 Å². The van der Waals surface area contributed by atoms with Gasteiger partial charge in [0.25, 0.3) is 0 Å². The third-order valence-electron chi connectivity index (χ3n) is 6.56. The number of rotatable bonds is 7. The summed E-state index contributed by atoms with van der Waals surface area (Å²) in [6.45, 7) is 3.76. The number of benzene rings is 3. The van der Waals surface area contributed by atoms with Crippen LogP contribution < -0.4 is 0 Å². The summed E-state index contributed by atoms with van der Waals surface area (Å²) in [6.07, 6.45) is -0.600. The molecule has 3 N–H and O–H groups in total. The molecule has 0 aromatic heterocycles. The van der Waals surface area contributed by atoms with Crippen molar-refractivity contribution in [2.75, 3.05) is 6.54 Å². The van der Waals surface area contributed by atoms with E-state index in [0.717, 1.165) is 16.7 Å². The number of hydrogen-bond acceptors (Lipinski definition) is 5. The van der Waals surface area contributed by atoms with Gasteiger partial charge in [-0.25, -0.2) is 14.8 Å². The van der Waals surface area contributed by atoms with E-state index in [9.17, 15) is 24.9 Å². The molecule has 1 fully saturated rings. The standard InChI is InChI=1S/C29H33N3O5/c1-20(2)28(36)31-19-27(35)26(16-21-6-4-3-5-7-21)30(17-22-8-12-24(33)13-9-22)29(37)32(31)18-23-10-14-25(34)15-11-23/h3-15,20,26-27,33-35H,16-19H2,1-2H3/t26-,27-/m1/s1. The van der Waals surface area contributed by atoms with Gasteiger partial charge in [0.1, 0.15) is 11.5 Å². The normalized spacial score (nSPS) is 18.3. The summed E-state index contributed by atoms with van der Waals surface area (Å²) in [5.74, 6) is -0.433. The van der Waals surface area contributed by atoms with Crippen LogP contribution in [0.5, 0.6) is 11.5 Å². The fourth-order valence-corrected chi connectivity index (χ4v) is 4.52. The van der Waals surface area contributed by atoms with Crippen LogP contribution >= 0.6 is 0 Å². The number of β-amino-alcohol motifs (C(OH)–C–C–N with tert-alkyl or cyclic N) is 1. The Morgan fingerprint density at radius 1 is 0.838 bits per heavy atom. The number of carbonyl (C=O) groups excluding carboxylic acids is 2. The molecule has 8 heteroatoms. The van der Waals surface area contributed by atoms with Crippen LogP contribution in [0.4, 0.5) is 4.79 Å². The van der Waals surface area contributed by atoms with Crippen LogP contribution in [-0.4, -0.2) is 60.9 Å². The zero-order valence-electron chi connectivity index (χ0n) is 21.1. The first-order valence-electron chi connectivity index (χ1n) is 12.4. The predicted molar refractivity (Wildman–Crippen MR) is 139 cm³/mol. The van der Waals surface area contributed by atoms with Crippen molar-refractivity contribution in [2.45, 2.75) is 45.5 Å². The van der Waals surface area contributed by atoms with E-state index in [1.165, 1.54) is 22.2 Å². The largest absolute Gasteiger partial charge is 0.508 e. The van der Waals surface area contributed by atoms with Gasteiger partial charge in [0.2, 0.25) is 5.91 Å². The Hall–Kier alpha value is -4.04. The zero-order chi connectivity index (χ0) is 26.5. The number of carbonyl (C=O) groups is 2. The maximum absolute atomic E-state index is 14.2. The van der Waals surface area contributed by atoms with E-state index in [1.54, 1.807) is 55.1 Å². The van der Waals surface area contributed by atoms with Gasteiger partial charge in [0.05, 0.1) is 25.2 Å². The first-order valence-corrected chi connectivity index (χ1v) is 12.4. The van der Waals surface area contributed by atoms with Crippen molar-refractivity contribution >= 4 is 11.9 Å². The van der Waals surface area contributed by atoms with Crippen molar-refractivity contribution in [3.63, 3.8) is 0 Å². The minimum Gasteiger partial charge on any atom is -0.508 e. The molecule has 0 radical (unpaired) electrons. The molecule has 1 aliphatic heterocycles. The number of amides is 3. The van der Waals surface area contributed by atoms with Crippen molar-refractivity contribution in [1.29, 1.82) is 0 Å². The Kier molecular flexibility index (Phi) is 7.98. The number of aliphatic hydroxyl groups excluding tert-OH is 1. The van der Waals surface area contributed by atoms with E-state index in [4.69, 9.17) is 0 Å². The fourth-order valence-electron chi connectivity index (χ4n) is 4.52. The van der Waals surface area contributed by atoms with E-state index in [-0.39, 0.29) is 37.0 Å². The Morgan fingerprint density at radius 2 is 1.38 bits per heavy atom. The molecular weight excluding hydrogens is 470 g/mol. The van der Waals surface area contributed by atoms with Gasteiger partial charge in [-0.05, 0) is 47.4 Å². The molecule has 0 aliphatic carbocycles. The van der Waals surface area contributed by atoms with Gasteiger partial charge in [-0.3, -0.25) is 4.79 Å². The molecule has 0 bridgehead atoms. The molecule has 4 rings (SSSR count). The summed E-state index contributed by atoms with van der Waals surface area (Å²) in [4.78, 5) is 29.1. The van der Waals surface area contributed by atoms with Crippen molar-refractivity contribution in [2.24, 2.45) is 5.92 Å². The highest BCUT2D eigenvalue weighted by Gasteiger charge is 2.42. The molecular formula is C29H33N3O5. The van der Waals surface area contributed by atoms with Crippen molar-refractivity contribution in [3.8, 4) is 11.5 Å². The van der Waals surface area contributed by atoms with E-state index >= 15 is 0 Å². The number of phenolic OH excluding ortho intramolecular Hbond substituents is 2. The Morgan fingerprint density at radius 3 is 1.92 bits per heavy atom. The molecule has 1 heterocycles. The number of aliphatic hydroxyl groups is 1. The summed E-state index contributed by atoms with van der Waals surface area (Å²) in [5.41, 5.74) is 2.47. The number of aromatic hydroxyl groups is 2. The molecule has 1 saturated heterocycles. The molecule has 0 saturated carbocycles. The number of hydrazine groups is 1. The van der Waals surface area contributed by atoms with Gasteiger partial charge in [-0.15, -0.1) is 0 Å². The maximum Gasteiger partial charge on any atom is 0.339 e. The van der Waals surface area contributed by atoms with Crippen LogP contribution in [0.25, 0.3) is 0 Å². The van der Waals surface area contributed by atoms with Gasteiger partial charge in [0.15, 0.2) is 0 Å².